The summed E-state index contributed by atoms with van der Waals surface area (Å²) in [6, 6.07) is 19.9. The molecule has 0 atom stereocenters. The summed E-state index contributed by atoms with van der Waals surface area (Å²) in [6.45, 7) is 0.209. The summed E-state index contributed by atoms with van der Waals surface area (Å²) >= 11 is 0. The van der Waals surface area contributed by atoms with E-state index in [1.165, 1.54) is 0 Å². The van der Waals surface area contributed by atoms with Crippen LogP contribution in [-0.4, -0.2) is 10.9 Å². The Morgan fingerprint density at radius 1 is 1.08 bits per heavy atom. The highest BCUT2D eigenvalue weighted by Crippen LogP contribution is 2.21. The van der Waals surface area contributed by atoms with Crippen LogP contribution in [0, 0.1) is 11.3 Å². The molecule has 0 aliphatic carbocycles. The molecule has 0 aliphatic rings. The van der Waals surface area contributed by atoms with Crippen molar-refractivity contribution in [3.05, 3.63) is 89.7 Å². The highest BCUT2D eigenvalue weighted by atomic mass is 16.5. The first-order chi connectivity index (χ1) is 12.3. The predicted molar refractivity (Wildman–Crippen MR) is 94.1 cm³/mol. The molecule has 0 bridgehead atoms. The molecule has 2 aromatic carbocycles. The maximum absolute atomic E-state index is 12.5. The van der Waals surface area contributed by atoms with E-state index in [4.69, 9.17) is 10.00 Å². The lowest BCUT2D eigenvalue weighted by molar-refractivity contribution is 0.102. The lowest BCUT2D eigenvalue weighted by Gasteiger charge is -2.12. The van der Waals surface area contributed by atoms with Gasteiger partial charge in [-0.25, -0.2) is 0 Å². The molecule has 3 rings (SSSR count). The van der Waals surface area contributed by atoms with Crippen LogP contribution in [0.1, 0.15) is 21.5 Å². The summed E-state index contributed by atoms with van der Waals surface area (Å²) in [5, 5.41) is 11.9. The first-order valence-corrected chi connectivity index (χ1v) is 7.69. The molecule has 0 spiro atoms. The number of para-hydroxylation sites is 1. The fraction of sp³-hybridized carbons (Fsp3) is 0.0500. The third kappa shape index (κ3) is 4.01. The van der Waals surface area contributed by atoms with Crippen LogP contribution in [0.5, 0.6) is 5.75 Å². The van der Waals surface area contributed by atoms with Crippen LogP contribution in [-0.2, 0) is 6.61 Å². The molecule has 0 saturated heterocycles. The standard InChI is InChI=1S/C20H15N3O2/c21-12-15-6-1-2-7-16(15)14-25-19-10-4-3-9-18(19)20(24)23-17-8-5-11-22-13-17/h1-11,13H,14H2,(H,23,24). The van der Waals surface area contributed by atoms with E-state index >= 15 is 0 Å². The summed E-state index contributed by atoms with van der Waals surface area (Å²) in [5.41, 5.74) is 2.35. The maximum Gasteiger partial charge on any atom is 0.259 e. The van der Waals surface area contributed by atoms with Crippen molar-refractivity contribution >= 4 is 11.6 Å². The Morgan fingerprint density at radius 2 is 1.88 bits per heavy atom. The normalized spacial score (nSPS) is 9.88. The average Bonchev–Trinajstić information content (AvgIpc) is 2.67. The van der Waals surface area contributed by atoms with Crippen molar-refractivity contribution in [2.45, 2.75) is 6.61 Å². The Morgan fingerprint density at radius 3 is 2.68 bits per heavy atom. The zero-order valence-corrected chi connectivity index (χ0v) is 13.3. The van der Waals surface area contributed by atoms with E-state index < -0.39 is 0 Å². The number of nitrogens with one attached hydrogen (secondary N) is 1. The van der Waals surface area contributed by atoms with Crippen molar-refractivity contribution in [1.82, 2.24) is 4.98 Å². The third-order valence-electron chi connectivity index (χ3n) is 3.57. The van der Waals surface area contributed by atoms with Gasteiger partial charge in [-0.1, -0.05) is 30.3 Å². The van der Waals surface area contributed by atoms with E-state index in [-0.39, 0.29) is 12.5 Å². The Kier molecular flexibility index (Phi) is 5.03. The number of hydrogen-bond acceptors (Lipinski definition) is 4. The minimum atomic E-state index is -0.280. The summed E-state index contributed by atoms with van der Waals surface area (Å²) < 4.78 is 5.80. The van der Waals surface area contributed by atoms with Gasteiger partial charge < -0.3 is 10.1 Å². The number of benzene rings is 2. The van der Waals surface area contributed by atoms with Crippen LogP contribution < -0.4 is 10.1 Å². The van der Waals surface area contributed by atoms with Gasteiger partial charge in [-0.15, -0.1) is 0 Å². The minimum Gasteiger partial charge on any atom is -0.488 e. The molecule has 1 heterocycles. The van der Waals surface area contributed by atoms with Crippen molar-refractivity contribution < 1.29 is 9.53 Å². The molecule has 1 N–H and O–H groups in total. The van der Waals surface area contributed by atoms with Crippen LogP contribution in [0.3, 0.4) is 0 Å². The number of hydrogen-bond donors (Lipinski definition) is 1. The van der Waals surface area contributed by atoms with E-state index in [1.54, 1.807) is 60.9 Å². The molecule has 0 aliphatic heterocycles. The second kappa shape index (κ2) is 7.75. The Labute approximate surface area is 145 Å². The molecule has 5 heteroatoms. The number of aromatic nitrogens is 1. The third-order valence-corrected chi connectivity index (χ3v) is 3.57. The second-order valence-corrected chi connectivity index (χ2v) is 5.25. The highest BCUT2D eigenvalue weighted by molar-refractivity contribution is 6.06. The number of ether oxygens (including phenoxy) is 1. The number of carbonyl (C=O) groups excluding carboxylic acids is 1. The highest BCUT2D eigenvalue weighted by Gasteiger charge is 2.13. The lowest BCUT2D eigenvalue weighted by Crippen LogP contribution is -2.13. The van der Waals surface area contributed by atoms with E-state index in [9.17, 15) is 4.79 Å². The van der Waals surface area contributed by atoms with Crippen molar-refractivity contribution in [3.63, 3.8) is 0 Å². The van der Waals surface area contributed by atoms with Gasteiger partial charge in [-0.2, -0.15) is 5.26 Å². The van der Waals surface area contributed by atoms with Crippen molar-refractivity contribution in [1.29, 1.82) is 5.26 Å². The molecule has 25 heavy (non-hydrogen) atoms. The largest absolute Gasteiger partial charge is 0.488 e. The van der Waals surface area contributed by atoms with Crippen LogP contribution in [0.15, 0.2) is 73.1 Å². The quantitative estimate of drug-likeness (QED) is 0.773. The molecule has 1 aromatic heterocycles. The Hall–Kier alpha value is -3.65. The molecule has 0 radical (unpaired) electrons. The van der Waals surface area contributed by atoms with Crippen LogP contribution in [0.25, 0.3) is 0 Å². The fourth-order valence-corrected chi connectivity index (χ4v) is 2.33. The van der Waals surface area contributed by atoms with Crippen LogP contribution in [0.2, 0.25) is 0 Å². The SMILES string of the molecule is N#Cc1ccccc1COc1ccccc1C(=O)Nc1cccnc1. The number of carbonyl (C=O) groups is 1. The fourth-order valence-electron chi connectivity index (χ4n) is 2.33. The molecule has 0 saturated carbocycles. The zero-order chi connectivity index (χ0) is 17.5. The van der Waals surface area contributed by atoms with Gasteiger partial charge in [0.25, 0.3) is 5.91 Å². The van der Waals surface area contributed by atoms with E-state index in [2.05, 4.69) is 16.4 Å². The monoisotopic (exact) mass is 329 g/mol. The summed E-state index contributed by atoms with van der Waals surface area (Å²) in [5.74, 6) is 0.175. The van der Waals surface area contributed by atoms with Crippen molar-refractivity contribution in [3.8, 4) is 11.8 Å². The summed E-state index contributed by atoms with van der Waals surface area (Å²) in [7, 11) is 0. The van der Waals surface area contributed by atoms with E-state index in [1.807, 2.05) is 12.1 Å². The van der Waals surface area contributed by atoms with Crippen molar-refractivity contribution in [2.24, 2.45) is 0 Å². The van der Waals surface area contributed by atoms with Crippen LogP contribution >= 0.6 is 0 Å². The Bertz CT molecular complexity index is 917. The summed E-state index contributed by atoms with van der Waals surface area (Å²) in [6.07, 6.45) is 3.21. The van der Waals surface area contributed by atoms with E-state index in [0.29, 0.717) is 22.6 Å². The molecule has 1 amide bonds. The van der Waals surface area contributed by atoms with Gasteiger partial charge in [0.15, 0.2) is 0 Å². The number of nitrogens with zero attached hydrogens (tertiary/aromatic N) is 2. The van der Waals surface area contributed by atoms with Gasteiger partial charge in [-0.3, -0.25) is 9.78 Å². The smallest absolute Gasteiger partial charge is 0.259 e. The average molecular weight is 329 g/mol. The first-order valence-electron chi connectivity index (χ1n) is 7.69. The molecular weight excluding hydrogens is 314 g/mol. The number of nitriles is 1. The maximum atomic E-state index is 12.5. The van der Waals surface area contributed by atoms with E-state index in [0.717, 1.165) is 5.56 Å². The molecular formula is C20H15N3O2. The van der Waals surface area contributed by atoms with Gasteiger partial charge in [0.05, 0.1) is 29.1 Å². The van der Waals surface area contributed by atoms with Crippen molar-refractivity contribution in [2.75, 3.05) is 5.32 Å². The Balaban J connectivity index is 1.77. The number of amides is 1. The van der Waals surface area contributed by atoms with Gasteiger partial charge in [0.1, 0.15) is 12.4 Å². The van der Waals surface area contributed by atoms with Crippen LogP contribution in [0.4, 0.5) is 5.69 Å². The zero-order valence-electron chi connectivity index (χ0n) is 13.3. The minimum absolute atomic E-state index is 0.209. The van der Waals surface area contributed by atoms with Gasteiger partial charge in [0, 0.05) is 11.8 Å². The topological polar surface area (TPSA) is 75.0 Å². The van der Waals surface area contributed by atoms with Gasteiger partial charge in [-0.05, 0) is 30.3 Å². The molecule has 3 aromatic rings. The van der Waals surface area contributed by atoms with Gasteiger partial charge >= 0.3 is 0 Å². The lowest BCUT2D eigenvalue weighted by atomic mass is 10.1. The molecule has 0 unspecified atom stereocenters. The summed E-state index contributed by atoms with van der Waals surface area (Å²) in [4.78, 5) is 16.5. The predicted octanol–water partition coefficient (Wildman–Crippen LogP) is 3.78. The van der Waals surface area contributed by atoms with Gasteiger partial charge in [0.2, 0.25) is 0 Å². The number of rotatable bonds is 5. The second-order valence-electron chi connectivity index (χ2n) is 5.25. The molecule has 0 fully saturated rings. The molecule has 5 nitrogen and oxygen atoms in total. The molecule has 122 valence electrons. The first kappa shape index (κ1) is 16.2. The number of pyridine rings is 1. The number of anilines is 1.